The van der Waals surface area contributed by atoms with Crippen molar-refractivity contribution in [3.05, 3.63) is 90.5 Å². The van der Waals surface area contributed by atoms with Gasteiger partial charge in [0, 0.05) is 13.8 Å². The number of nitrogens with two attached hydrogens (primary N) is 2. The second-order valence-corrected chi connectivity index (χ2v) is 8.28. The van der Waals surface area contributed by atoms with Gasteiger partial charge in [0.1, 0.15) is 5.75 Å². The van der Waals surface area contributed by atoms with Gasteiger partial charge in [-0.15, -0.1) is 0 Å². The third-order valence-electron chi connectivity index (χ3n) is 5.26. The summed E-state index contributed by atoms with van der Waals surface area (Å²) in [6.07, 6.45) is 1.08. The molecule has 8 heteroatoms. The van der Waals surface area contributed by atoms with Crippen molar-refractivity contribution in [2.75, 3.05) is 6.54 Å². The summed E-state index contributed by atoms with van der Waals surface area (Å²) < 4.78 is 0. The van der Waals surface area contributed by atoms with E-state index < -0.39 is 24.0 Å². The second kappa shape index (κ2) is 16.6. The van der Waals surface area contributed by atoms with Crippen molar-refractivity contribution in [3.8, 4) is 16.9 Å². The first-order valence-corrected chi connectivity index (χ1v) is 12.0. The van der Waals surface area contributed by atoms with Gasteiger partial charge in [-0.25, -0.2) is 0 Å². The lowest BCUT2D eigenvalue weighted by Crippen LogP contribution is -2.47. The molecule has 6 N–H and O–H groups in total. The first kappa shape index (κ1) is 31.0. The highest BCUT2D eigenvalue weighted by molar-refractivity contribution is 5.97. The average Bonchev–Trinajstić information content (AvgIpc) is 2.88. The molecule has 0 saturated carbocycles. The van der Waals surface area contributed by atoms with Crippen molar-refractivity contribution in [2.45, 2.75) is 45.7 Å². The Morgan fingerprint density at radius 1 is 0.838 bits per heavy atom. The largest absolute Gasteiger partial charge is 0.508 e. The Labute approximate surface area is 218 Å². The zero-order valence-corrected chi connectivity index (χ0v) is 21.6. The van der Waals surface area contributed by atoms with E-state index in [4.69, 9.17) is 21.4 Å². The van der Waals surface area contributed by atoms with Crippen LogP contribution in [0, 0.1) is 0 Å². The van der Waals surface area contributed by atoms with Crippen LogP contribution in [-0.4, -0.2) is 45.5 Å². The van der Waals surface area contributed by atoms with E-state index in [1.165, 1.54) is 30.2 Å². The molecule has 2 atom stereocenters. The number of aromatic hydroxyl groups is 1. The lowest BCUT2D eigenvalue weighted by atomic mass is 10.0. The van der Waals surface area contributed by atoms with Gasteiger partial charge in [0.25, 0.3) is 5.97 Å². The number of amides is 2. The minimum absolute atomic E-state index is 0.131. The van der Waals surface area contributed by atoms with Crippen LogP contribution in [0.15, 0.2) is 84.9 Å². The molecule has 0 fully saturated rings. The first-order valence-electron chi connectivity index (χ1n) is 12.0. The molecule has 0 aliphatic heterocycles. The van der Waals surface area contributed by atoms with E-state index in [0.29, 0.717) is 19.4 Å². The third-order valence-corrected chi connectivity index (χ3v) is 5.26. The number of phenols is 1. The smallest absolute Gasteiger partial charge is 0.300 e. The topological polar surface area (TPSA) is 147 Å². The summed E-state index contributed by atoms with van der Waals surface area (Å²) in [5.74, 6) is -1.47. The van der Waals surface area contributed by atoms with Crippen molar-refractivity contribution in [1.82, 2.24) is 4.90 Å². The Hall–Kier alpha value is -4.01. The molecule has 0 saturated heterocycles. The summed E-state index contributed by atoms with van der Waals surface area (Å²) >= 11 is 0. The number of carbonyl (C=O) groups is 3. The highest BCUT2D eigenvalue weighted by Gasteiger charge is 2.29. The molecule has 0 aromatic heterocycles. The normalized spacial score (nSPS) is 11.5. The first-order chi connectivity index (χ1) is 17.6. The summed E-state index contributed by atoms with van der Waals surface area (Å²) in [6, 6.07) is 26.0. The predicted molar refractivity (Wildman–Crippen MR) is 146 cm³/mol. The van der Waals surface area contributed by atoms with E-state index in [1.807, 2.05) is 12.1 Å². The van der Waals surface area contributed by atoms with Crippen LogP contribution in [0.3, 0.4) is 0 Å². The Morgan fingerprint density at radius 3 is 1.65 bits per heavy atom. The fourth-order valence-corrected chi connectivity index (χ4v) is 3.42. The van der Waals surface area contributed by atoms with E-state index >= 15 is 0 Å². The van der Waals surface area contributed by atoms with Gasteiger partial charge in [-0.2, -0.15) is 0 Å². The molecule has 3 aromatic carbocycles. The molecule has 2 unspecified atom stereocenters. The average molecular weight is 508 g/mol. The van der Waals surface area contributed by atoms with Crippen LogP contribution < -0.4 is 11.5 Å². The molecule has 2 amide bonds. The van der Waals surface area contributed by atoms with Crippen LogP contribution in [0.1, 0.15) is 45.2 Å². The van der Waals surface area contributed by atoms with Gasteiger partial charge in [-0.1, -0.05) is 72.8 Å². The maximum absolute atomic E-state index is 12.4. The summed E-state index contributed by atoms with van der Waals surface area (Å²) in [6.45, 7) is 4.63. The number of carboxylic acids is 1. The Bertz CT molecular complexity index is 1050. The molecule has 198 valence electrons. The fourth-order valence-electron chi connectivity index (χ4n) is 3.42. The number of benzene rings is 3. The third kappa shape index (κ3) is 11.5. The maximum atomic E-state index is 12.4. The number of phenolic OH excluding ortho intramolecular Hbond substituents is 1. The van der Waals surface area contributed by atoms with E-state index in [2.05, 4.69) is 48.5 Å². The summed E-state index contributed by atoms with van der Waals surface area (Å²) in [7, 11) is 0. The van der Waals surface area contributed by atoms with Crippen molar-refractivity contribution < 1.29 is 24.6 Å². The van der Waals surface area contributed by atoms with Crippen LogP contribution in [0.5, 0.6) is 5.75 Å². The quantitative estimate of drug-likeness (QED) is 0.372. The van der Waals surface area contributed by atoms with Gasteiger partial charge in [-0.3, -0.25) is 19.3 Å². The molecular weight excluding hydrogens is 470 g/mol. The number of nitrogens with zero attached hydrogens (tertiary/aromatic N) is 1. The number of imide groups is 1. The molecule has 0 bridgehead atoms. The molecule has 0 spiro atoms. The zero-order valence-electron chi connectivity index (χ0n) is 21.6. The van der Waals surface area contributed by atoms with Gasteiger partial charge in [0.05, 0.1) is 12.1 Å². The molecule has 37 heavy (non-hydrogen) atoms. The van der Waals surface area contributed by atoms with Crippen molar-refractivity contribution >= 4 is 17.8 Å². The van der Waals surface area contributed by atoms with Crippen molar-refractivity contribution in [3.63, 3.8) is 0 Å². The van der Waals surface area contributed by atoms with Gasteiger partial charge in [0.15, 0.2) is 0 Å². The number of rotatable bonds is 7. The van der Waals surface area contributed by atoms with Gasteiger partial charge >= 0.3 is 0 Å². The van der Waals surface area contributed by atoms with Crippen molar-refractivity contribution in [2.24, 2.45) is 11.5 Å². The van der Waals surface area contributed by atoms with Crippen molar-refractivity contribution in [1.29, 1.82) is 0 Å². The number of hydrogen-bond donors (Lipinski definition) is 4. The summed E-state index contributed by atoms with van der Waals surface area (Å²) in [4.78, 5) is 34.3. The molecule has 0 aliphatic rings. The Morgan fingerprint density at radius 2 is 1.27 bits per heavy atom. The highest BCUT2D eigenvalue weighted by Crippen LogP contribution is 2.23. The standard InChI is InChI=1S/C15H23N3O3.C12H10.C2H4O2/c1-10(12-5-7-13(20)8-6-12)18(11(2)19)15(21)14(17)4-3-9-16;1-3-7-11(8-4-1)12-9-5-2-6-10-12;1-2(3)4/h5-8,10,14,20H,3-4,9,16-17H2,1-2H3;1-10H;1H3,(H,3,4). The second-order valence-electron chi connectivity index (χ2n) is 8.28. The van der Waals surface area contributed by atoms with Crippen LogP contribution in [0.2, 0.25) is 0 Å². The number of carbonyl (C=O) groups excluding carboxylic acids is 2. The van der Waals surface area contributed by atoms with Gasteiger partial charge in [0.2, 0.25) is 11.8 Å². The molecule has 8 nitrogen and oxygen atoms in total. The Kier molecular flexibility index (Phi) is 13.9. The van der Waals surface area contributed by atoms with Gasteiger partial charge < -0.3 is 21.7 Å². The van der Waals surface area contributed by atoms with Crippen LogP contribution in [0.4, 0.5) is 0 Å². The minimum Gasteiger partial charge on any atom is -0.508 e. The van der Waals surface area contributed by atoms with E-state index in [9.17, 15) is 14.7 Å². The van der Waals surface area contributed by atoms with E-state index in [1.54, 1.807) is 19.1 Å². The molecule has 3 aromatic rings. The minimum atomic E-state index is -0.833. The molecule has 3 rings (SSSR count). The lowest BCUT2D eigenvalue weighted by molar-refractivity contribution is -0.147. The molecular formula is C29H37N3O5. The lowest BCUT2D eigenvalue weighted by Gasteiger charge is -2.29. The molecule has 0 heterocycles. The highest BCUT2D eigenvalue weighted by atomic mass is 16.4. The van der Waals surface area contributed by atoms with Crippen LogP contribution in [-0.2, 0) is 14.4 Å². The van der Waals surface area contributed by atoms with Crippen LogP contribution in [0.25, 0.3) is 11.1 Å². The number of hydrogen-bond acceptors (Lipinski definition) is 6. The SMILES string of the molecule is CC(=O)N(C(=O)C(N)CCCN)C(C)c1ccc(O)cc1.CC(=O)O.c1ccc(-c2ccccc2)cc1. The van der Waals surface area contributed by atoms with E-state index in [-0.39, 0.29) is 11.7 Å². The Balaban J connectivity index is 0.000000356. The van der Waals surface area contributed by atoms with Crippen LogP contribution >= 0.6 is 0 Å². The van der Waals surface area contributed by atoms with E-state index in [0.717, 1.165) is 17.4 Å². The number of aliphatic carboxylic acids is 1. The summed E-state index contributed by atoms with van der Waals surface area (Å²) in [5.41, 5.74) is 14.6. The van der Waals surface area contributed by atoms with Gasteiger partial charge in [-0.05, 0) is 55.1 Å². The fraction of sp³-hybridized carbons (Fsp3) is 0.276. The predicted octanol–water partition coefficient (Wildman–Crippen LogP) is 4.34. The maximum Gasteiger partial charge on any atom is 0.300 e. The number of carboxylic acid groups (broad SMARTS) is 1. The zero-order chi connectivity index (χ0) is 27.8. The monoisotopic (exact) mass is 507 g/mol. The molecule has 0 radical (unpaired) electrons. The summed E-state index contributed by atoms with van der Waals surface area (Å²) in [5, 5.41) is 16.7. The molecule has 0 aliphatic carbocycles.